The standard InChI is InChI=1S/C16H33NO/c1-5-7-8-11-18-16-12-14(13(3)4)9-10-15(16)17-6-2/h13-17H,5-12H2,1-4H3. The Morgan fingerprint density at radius 2 is 1.94 bits per heavy atom. The Morgan fingerprint density at radius 1 is 1.17 bits per heavy atom. The van der Waals surface area contributed by atoms with Crippen molar-refractivity contribution in [3.8, 4) is 0 Å². The molecule has 0 radical (unpaired) electrons. The second-order valence-electron chi connectivity index (χ2n) is 6.10. The first-order valence-electron chi connectivity index (χ1n) is 8.04. The van der Waals surface area contributed by atoms with E-state index in [1.807, 2.05) is 0 Å². The minimum atomic E-state index is 0.447. The van der Waals surface area contributed by atoms with E-state index >= 15 is 0 Å². The maximum Gasteiger partial charge on any atom is 0.0730 e. The van der Waals surface area contributed by atoms with Gasteiger partial charge in [-0.25, -0.2) is 0 Å². The summed E-state index contributed by atoms with van der Waals surface area (Å²) in [6.45, 7) is 11.2. The van der Waals surface area contributed by atoms with Crippen molar-refractivity contribution in [3.63, 3.8) is 0 Å². The maximum absolute atomic E-state index is 6.17. The highest BCUT2D eigenvalue weighted by atomic mass is 16.5. The van der Waals surface area contributed by atoms with Crippen molar-refractivity contribution in [1.82, 2.24) is 5.32 Å². The van der Waals surface area contributed by atoms with E-state index in [0.717, 1.165) is 25.0 Å². The topological polar surface area (TPSA) is 21.3 Å². The second-order valence-corrected chi connectivity index (χ2v) is 6.10. The number of hydrogen-bond acceptors (Lipinski definition) is 2. The van der Waals surface area contributed by atoms with Crippen molar-refractivity contribution in [2.75, 3.05) is 13.2 Å². The number of nitrogens with one attached hydrogen (secondary N) is 1. The van der Waals surface area contributed by atoms with Crippen LogP contribution in [0.15, 0.2) is 0 Å². The Bertz CT molecular complexity index is 205. The van der Waals surface area contributed by atoms with Gasteiger partial charge in [0.15, 0.2) is 0 Å². The average Bonchev–Trinajstić information content (AvgIpc) is 2.36. The van der Waals surface area contributed by atoms with Crippen LogP contribution in [0.2, 0.25) is 0 Å². The summed E-state index contributed by atoms with van der Waals surface area (Å²) in [5, 5.41) is 3.61. The molecule has 1 N–H and O–H groups in total. The van der Waals surface area contributed by atoms with Gasteiger partial charge in [0.1, 0.15) is 0 Å². The van der Waals surface area contributed by atoms with Gasteiger partial charge in [0.05, 0.1) is 6.10 Å². The molecule has 2 nitrogen and oxygen atoms in total. The van der Waals surface area contributed by atoms with Crippen LogP contribution >= 0.6 is 0 Å². The van der Waals surface area contributed by atoms with Crippen LogP contribution in [0.4, 0.5) is 0 Å². The number of likely N-dealkylation sites (N-methyl/N-ethyl adjacent to an activating group) is 1. The molecular formula is C16H33NO. The van der Waals surface area contributed by atoms with Crippen LogP contribution in [0.25, 0.3) is 0 Å². The highest BCUT2D eigenvalue weighted by molar-refractivity contribution is 4.86. The number of ether oxygens (including phenoxy) is 1. The molecule has 1 aliphatic carbocycles. The SMILES string of the molecule is CCCCCOC1CC(C(C)C)CCC1NCC. The number of hydrogen-bond donors (Lipinski definition) is 1. The van der Waals surface area contributed by atoms with Crippen molar-refractivity contribution in [3.05, 3.63) is 0 Å². The quantitative estimate of drug-likeness (QED) is 0.662. The van der Waals surface area contributed by atoms with E-state index in [9.17, 15) is 0 Å². The van der Waals surface area contributed by atoms with Gasteiger partial charge < -0.3 is 10.1 Å². The molecule has 0 aromatic carbocycles. The van der Waals surface area contributed by atoms with Gasteiger partial charge >= 0.3 is 0 Å². The molecular weight excluding hydrogens is 222 g/mol. The van der Waals surface area contributed by atoms with Crippen LogP contribution in [0.3, 0.4) is 0 Å². The molecule has 1 rings (SSSR count). The smallest absolute Gasteiger partial charge is 0.0730 e. The molecule has 0 aromatic heterocycles. The van der Waals surface area contributed by atoms with Crippen molar-refractivity contribution in [1.29, 1.82) is 0 Å². The van der Waals surface area contributed by atoms with E-state index in [2.05, 4.69) is 33.0 Å². The van der Waals surface area contributed by atoms with Crippen molar-refractivity contribution in [2.24, 2.45) is 11.8 Å². The van der Waals surface area contributed by atoms with Crippen LogP contribution in [-0.4, -0.2) is 25.3 Å². The van der Waals surface area contributed by atoms with Gasteiger partial charge in [-0.3, -0.25) is 0 Å². The van der Waals surface area contributed by atoms with E-state index in [1.54, 1.807) is 0 Å². The molecule has 18 heavy (non-hydrogen) atoms. The molecule has 0 amide bonds. The molecule has 1 fully saturated rings. The summed E-state index contributed by atoms with van der Waals surface area (Å²) in [4.78, 5) is 0. The molecule has 1 saturated carbocycles. The van der Waals surface area contributed by atoms with E-state index in [1.165, 1.54) is 38.5 Å². The predicted molar refractivity (Wildman–Crippen MR) is 78.9 cm³/mol. The number of unbranched alkanes of at least 4 members (excludes halogenated alkanes) is 2. The summed E-state index contributed by atoms with van der Waals surface area (Å²) < 4.78 is 6.17. The van der Waals surface area contributed by atoms with E-state index in [4.69, 9.17) is 4.74 Å². The maximum atomic E-state index is 6.17. The van der Waals surface area contributed by atoms with Crippen LogP contribution in [0.5, 0.6) is 0 Å². The molecule has 0 spiro atoms. The minimum Gasteiger partial charge on any atom is -0.377 e. The van der Waals surface area contributed by atoms with E-state index in [-0.39, 0.29) is 0 Å². The zero-order chi connectivity index (χ0) is 13.4. The third kappa shape index (κ3) is 5.27. The lowest BCUT2D eigenvalue weighted by Crippen LogP contribution is -2.46. The molecule has 2 heteroatoms. The Kier molecular flexibility index (Phi) is 7.92. The lowest BCUT2D eigenvalue weighted by molar-refractivity contribution is -0.0175. The lowest BCUT2D eigenvalue weighted by Gasteiger charge is -2.38. The van der Waals surface area contributed by atoms with Crippen LogP contribution in [-0.2, 0) is 4.74 Å². The van der Waals surface area contributed by atoms with Crippen molar-refractivity contribution in [2.45, 2.75) is 78.4 Å². The first kappa shape index (κ1) is 16.0. The van der Waals surface area contributed by atoms with Crippen molar-refractivity contribution < 1.29 is 4.74 Å². The average molecular weight is 255 g/mol. The molecule has 0 aliphatic heterocycles. The van der Waals surface area contributed by atoms with Gasteiger partial charge in [0, 0.05) is 12.6 Å². The summed E-state index contributed by atoms with van der Waals surface area (Å²) in [6.07, 6.45) is 8.15. The first-order valence-corrected chi connectivity index (χ1v) is 8.04. The largest absolute Gasteiger partial charge is 0.377 e. The monoisotopic (exact) mass is 255 g/mol. The Labute approximate surface area is 114 Å². The van der Waals surface area contributed by atoms with Gasteiger partial charge in [-0.1, -0.05) is 40.5 Å². The van der Waals surface area contributed by atoms with Crippen molar-refractivity contribution >= 4 is 0 Å². The van der Waals surface area contributed by atoms with Crippen LogP contribution in [0.1, 0.15) is 66.2 Å². The zero-order valence-electron chi connectivity index (χ0n) is 12.9. The first-order chi connectivity index (χ1) is 8.69. The highest BCUT2D eigenvalue weighted by Gasteiger charge is 2.31. The van der Waals surface area contributed by atoms with Crippen LogP contribution in [0, 0.1) is 11.8 Å². The third-order valence-electron chi connectivity index (χ3n) is 4.32. The fourth-order valence-electron chi connectivity index (χ4n) is 3.03. The summed E-state index contributed by atoms with van der Waals surface area (Å²) in [5.74, 6) is 1.66. The molecule has 108 valence electrons. The van der Waals surface area contributed by atoms with Gasteiger partial charge in [0.2, 0.25) is 0 Å². The van der Waals surface area contributed by atoms with Gasteiger partial charge in [-0.2, -0.15) is 0 Å². The molecule has 3 atom stereocenters. The summed E-state index contributed by atoms with van der Waals surface area (Å²) in [7, 11) is 0. The molecule has 3 unspecified atom stereocenters. The Hall–Kier alpha value is -0.0800. The fraction of sp³-hybridized carbons (Fsp3) is 1.00. The lowest BCUT2D eigenvalue weighted by atomic mass is 9.78. The predicted octanol–water partition coefficient (Wildman–Crippen LogP) is 4.00. The summed E-state index contributed by atoms with van der Waals surface area (Å²) >= 11 is 0. The van der Waals surface area contributed by atoms with Gasteiger partial charge in [-0.05, 0) is 44.1 Å². The molecule has 1 aliphatic rings. The van der Waals surface area contributed by atoms with Crippen LogP contribution < -0.4 is 5.32 Å². The Morgan fingerprint density at radius 3 is 2.56 bits per heavy atom. The molecule has 0 aromatic rings. The minimum absolute atomic E-state index is 0.447. The van der Waals surface area contributed by atoms with E-state index < -0.39 is 0 Å². The molecule has 0 heterocycles. The van der Waals surface area contributed by atoms with Gasteiger partial charge in [0.25, 0.3) is 0 Å². The zero-order valence-corrected chi connectivity index (χ0v) is 12.9. The van der Waals surface area contributed by atoms with E-state index in [0.29, 0.717) is 12.1 Å². The summed E-state index contributed by atoms with van der Waals surface area (Å²) in [5.41, 5.74) is 0. The third-order valence-corrected chi connectivity index (χ3v) is 4.32. The second kappa shape index (κ2) is 8.92. The normalized spacial score (nSPS) is 28.8. The molecule has 0 saturated heterocycles. The number of rotatable bonds is 8. The highest BCUT2D eigenvalue weighted by Crippen LogP contribution is 2.31. The summed E-state index contributed by atoms with van der Waals surface area (Å²) in [6, 6.07) is 0.589. The Balaban J connectivity index is 2.39. The van der Waals surface area contributed by atoms with Gasteiger partial charge in [-0.15, -0.1) is 0 Å². The fourth-order valence-corrected chi connectivity index (χ4v) is 3.03. The molecule has 0 bridgehead atoms.